The van der Waals surface area contributed by atoms with Gasteiger partial charge in [-0.3, -0.25) is 9.59 Å². The molecule has 1 aromatic carbocycles. The number of methoxy groups -OCH3 is 1. The van der Waals surface area contributed by atoms with E-state index in [-0.39, 0.29) is 24.4 Å². The van der Waals surface area contributed by atoms with Crippen LogP contribution in [-0.2, 0) is 20.9 Å². The molecule has 1 unspecified atom stereocenters. The third kappa shape index (κ3) is 4.70. The molecule has 136 valence electrons. The number of morpholine rings is 1. The van der Waals surface area contributed by atoms with Crippen molar-refractivity contribution in [3.05, 3.63) is 29.8 Å². The maximum Gasteiger partial charge on any atom is 0.242 e. The van der Waals surface area contributed by atoms with Gasteiger partial charge in [-0.25, -0.2) is 0 Å². The number of benzene rings is 1. The summed E-state index contributed by atoms with van der Waals surface area (Å²) < 4.78 is 10.6. The zero-order valence-electron chi connectivity index (χ0n) is 14.6. The molecule has 0 aromatic heterocycles. The Morgan fingerprint density at radius 1 is 1.40 bits per heavy atom. The van der Waals surface area contributed by atoms with E-state index < -0.39 is 0 Å². The van der Waals surface area contributed by atoms with Crippen LogP contribution in [0.5, 0.6) is 5.75 Å². The van der Waals surface area contributed by atoms with Gasteiger partial charge in [0.25, 0.3) is 0 Å². The van der Waals surface area contributed by atoms with Gasteiger partial charge in [-0.1, -0.05) is 12.1 Å². The Bertz CT molecular complexity index is 616. The predicted octanol–water partition coefficient (Wildman–Crippen LogP) is 0.245. The second-order valence-electron chi connectivity index (χ2n) is 6.41. The van der Waals surface area contributed by atoms with Crippen molar-refractivity contribution in [1.82, 2.24) is 15.1 Å². The number of nitrogens with one attached hydrogen (secondary N) is 1. The number of piperazine rings is 1. The Kier molecular flexibility index (Phi) is 5.88. The predicted molar refractivity (Wildman–Crippen MR) is 92.2 cm³/mol. The van der Waals surface area contributed by atoms with E-state index in [0.29, 0.717) is 39.3 Å². The molecule has 7 nitrogen and oxygen atoms in total. The van der Waals surface area contributed by atoms with Crippen molar-refractivity contribution in [2.24, 2.45) is 0 Å². The molecule has 0 bridgehead atoms. The first kappa shape index (κ1) is 17.7. The number of hydrogen-bond acceptors (Lipinski definition) is 5. The van der Waals surface area contributed by atoms with Gasteiger partial charge in [-0.05, 0) is 17.7 Å². The molecule has 2 aliphatic rings. The number of hydrogen-bond donors (Lipinski definition) is 1. The summed E-state index contributed by atoms with van der Waals surface area (Å²) in [6.45, 7) is 3.82. The molecule has 25 heavy (non-hydrogen) atoms. The molecular formula is C18H25N3O4. The zero-order valence-corrected chi connectivity index (χ0v) is 14.6. The van der Waals surface area contributed by atoms with Gasteiger partial charge in [0.05, 0.1) is 26.9 Å². The Morgan fingerprint density at radius 3 is 3.00 bits per heavy atom. The van der Waals surface area contributed by atoms with Crippen LogP contribution in [0, 0.1) is 0 Å². The standard InChI is InChI=1S/C18H25N3O4/c1-24-16-4-2-3-14(9-16)11-20-6-7-21(12-18(20)23)17(22)10-15-13-25-8-5-19-15/h2-4,9,15,19H,5-8,10-13H2,1H3. The fourth-order valence-corrected chi connectivity index (χ4v) is 3.17. The molecule has 2 saturated heterocycles. The number of amides is 2. The third-order valence-corrected chi connectivity index (χ3v) is 4.60. The Morgan fingerprint density at radius 2 is 2.28 bits per heavy atom. The van der Waals surface area contributed by atoms with E-state index >= 15 is 0 Å². The SMILES string of the molecule is COc1cccc(CN2CCN(C(=O)CC3COCCN3)CC2=O)c1. The van der Waals surface area contributed by atoms with Crippen molar-refractivity contribution in [2.45, 2.75) is 19.0 Å². The molecule has 0 spiro atoms. The first-order valence-corrected chi connectivity index (χ1v) is 8.65. The lowest BCUT2D eigenvalue weighted by molar-refractivity contribution is -0.146. The number of rotatable bonds is 5. The summed E-state index contributed by atoms with van der Waals surface area (Å²) in [7, 11) is 1.63. The van der Waals surface area contributed by atoms with E-state index in [0.717, 1.165) is 17.9 Å². The van der Waals surface area contributed by atoms with Crippen molar-refractivity contribution in [1.29, 1.82) is 0 Å². The lowest BCUT2D eigenvalue weighted by atomic mass is 10.1. The van der Waals surface area contributed by atoms with Crippen LogP contribution < -0.4 is 10.1 Å². The summed E-state index contributed by atoms with van der Waals surface area (Å²) in [5.74, 6) is 0.772. The lowest BCUT2D eigenvalue weighted by Crippen LogP contribution is -2.53. The van der Waals surface area contributed by atoms with Crippen molar-refractivity contribution < 1.29 is 19.1 Å². The highest BCUT2D eigenvalue weighted by Crippen LogP contribution is 2.16. The van der Waals surface area contributed by atoms with Crippen molar-refractivity contribution >= 4 is 11.8 Å². The molecule has 7 heteroatoms. The second-order valence-corrected chi connectivity index (χ2v) is 6.41. The van der Waals surface area contributed by atoms with Crippen LogP contribution in [0.15, 0.2) is 24.3 Å². The molecular weight excluding hydrogens is 322 g/mol. The Balaban J connectivity index is 1.51. The first-order valence-electron chi connectivity index (χ1n) is 8.65. The van der Waals surface area contributed by atoms with E-state index in [1.54, 1.807) is 16.9 Å². The van der Waals surface area contributed by atoms with Gasteiger partial charge in [-0.2, -0.15) is 0 Å². The van der Waals surface area contributed by atoms with Gasteiger partial charge in [0, 0.05) is 38.6 Å². The minimum Gasteiger partial charge on any atom is -0.497 e. The fraction of sp³-hybridized carbons (Fsp3) is 0.556. The fourth-order valence-electron chi connectivity index (χ4n) is 3.17. The van der Waals surface area contributed by atoms with Gasteiger partial charge in [0.2, 0.25) is 11.8 Å². The Hall–Kier alpha value is -2.12. The molecule has 1 N–H and O–H groups in total. The van der Waals surface area contributed by atoms with E-state index in [2.05, 4.69) is 5.32 Å². The van der Waals surface area contributed by atoms with Crippen LogP contribution in [0.4, 0.5) is 0 Å². The lowest BCUT2D eigenvalue weighted by Gasteiger charge is -2.35. The first-order chi connectivity index (χ1) is 12.2. The van der Waals surface area contributed by atoms with Crippen molar-refractivity contribution in [3.8, 4) is 5.75 Å². The van der Waals surface area contributed by atoms with Crippen LogP contribution in [0.1, 0.15) is 12.0 Å². The highest BCUT2D eigenvalue weighted by Gasteiger charge is 2.28. The molecule has 3 rings (SSSR count). The highest BCUT2D eigenvalue weighted by atomic mass is 16.5. The van der Waals surface area contributed by atoms with Crippen LogP contribution in [-0.4, -0.2) is 74.2 Å². The number of ether oxygens (including phenoxy) is 2. The summed E-state index contributed by atoms with van der Waals surface area (Å²) in [5.41, 5.74) is 1.02. The minimum atomic E-state index is -0.0183. The molecule has 0 radical (unpaired) electrons. The third-order valence-electron chi connectivity index (χ3n) is 4.60. The van der Waals surface area contributed by atoms with Crippen LogP contribution in [0.3, 0.4) is 0 Å². The summed E-state index contributed by atoms with van der Waals surface area (Å²) in [6, 6.07) is 7.75. The van der Waals surface area contributed by atoms with E-state index in [1.807, 2.05) is 24.3 Å². The minimum absolute atomic E-state index is 0.0115. The summed E-state index contributed by atoms with van der Waals surface area (Å²) in [5, 5.41) is 3.27. The summed E-state index contributed by atoms with van der Waals surface area (Å²) >= 11 is 0. The molecule has 2 heterocycles. The van der Waals surface area contributed by atoms with Gasteiger partial charge in [0.15, 0.2) is 0 Å². The highest BCUT2D eigenvalue weighted by molar-refractivity contribution is 5.86. The second kappa shape index (κ2) is 8.31. The topological polar surface area (TPSA) is 71.1 Å². The Labute approximate surface area is 147 Å². The van der Waals surface area contributed by atoms with Gasteiger partial charge >= 0.3 is 0 Å². The van der Waals surface area contributed by atoms with E-state index in [9.17, 15) is 9.59 Å². The number of nitrogens with zero attached hydrogens (tertiary/aromatic N) is 2. The largest absolute Gasteiger partial charge is 0.497 e. The quantitative estimate of drug-likeness (QED) is 0.826. The molecule has 1 atom stereocenters. The average Bonchev–Trinajstić information content (AvgIpc) is 2.64. The maximum atomic E-state index is 12.4. The van der Waals surface area contributed by atoms with E-state index in [4.69, 9.17) is 9.47 Å². The average molecular weight is 347 g/mol. The normalized spacial score (nSPS) is 21.3. The monoisotopic (exact) mass is 347 g/mol. The molecule has 1 aromatic rings. The molecule has 2 amide bonds. The summed E-state index contributed by atoms with van der Waals surface area (Å²) in [6.07, 6.45) is 0.378. The van der Waals surface area contributed by atoms with Crippen LogP contribution in [0.25, 0.3) is 0 Å². The van der Waals surface area contributed by atoms with Crippen molar-refractivity contribution in [3.63, 3.8) is 0 Å². The van der Waals surface area contributed by atoms with Gasteiger partial charge < -0.3 is 24.6 Å². The molecule has 2 aliphatic heterocycles. The maximum absolute atomic E-state index is 12.4. The zero-order chi connectivity index (χ0) is 17.6. The smallest absolute Gasteiger partial charge is 0.242 e. The van der Waals surface area contributed by atoms with Crippen molar-refractivity contribution in [2.75, 3.05) is 46.5 Å². The molecule has 2 fully saturated rings. The number of carbonyl (C=O) groups is 2. The molecule has 0 aliphatic carbocycles. The van der Waals surface area contributed by atoms with Gasteiger partial charge in [-0.15, -0.1) is 0 Å². The van der Waals surface area contributed by atoms with E-state index in [1.165, 1.54) is 0 Å². The molecule has 0 saturated carbocycles. The van der Waals surface area contributed by atoms with Crippen LogP contribution in [0.2, 0.25) is 0 Å². The summed E-state index contributed by atoms with van der Waals surface area (Å²) in [4.78, 5) is 28.3. The van der Waals surface area contributed by atoms with Crippen LogP contribution >= 0.6 is 0 Å². The number of carbonyl (C=O) groups excluding carboxylic acids is 2. The van der Waals surface area contributed by atoms with Gasteiger partial charge in [0.1, 0.15) is 5.75 Å².